The van der Waals surface area contributed by atoms with Crippen LogP contribution in [0.5, 0.6) is 5.88 Å². The smallest absolute Gasteiger partial charge is 0.230 e. The first-order valence-electron chi connectivity index (χ1n) is 9.62. The van der Waals surface area contributed by atoms with E-state index in [1.807, 2.05) is 17.0 Å². The predicted octanol–water partition coefficient (Wildman–Crippen LogP) is 3.69. The lowest BCUT2D eigenvalue weighted by Gasteiger charge is -2.40. The van der Waals surface area contributed by atoms with Gasteiger partial charge in [-0.1, -0.05) is 35.6 Å². The zero-order valence-electron chi connectivity index (χ0n) is 15.9. The van der Waals surface area contributed by atoms with Crippen LogP contribution >= 0.6 is 11.3 Å². The Morgan fingerprint density at radius 1 is 1.00 bits per heavy atom. The third kappa shape index (κ3) is 3.29. The predicted molar refractivity (Wildman–Crippen MR) is 111 cm³/mol. The summed E-state index contributed by atoms with van der Waals surface area (Å²) in [5.74, 6) is -0.560. The van der Waals surface area contributed by atoms with Gasteiger partial charge in [0.25, 0.3) is 0 Å². The molecule has 0 bridgehead atoms. The van der Waals surface area contributed by atoms with Crippen LogP contribution in [0.1, 0.15) is 16.5 Å². The summed E-state index contributed by atoms with van der Waals surface area (Å²) in [6, 6.07) is 12.8. The topological polar surface area (TPSA) is 56.9 Å². The minimum Gasteiger partial charge on any atom is -0.492 e. The molecule has 0 aliphatic carbocycles. The number of benzene rings is 2. The highest BCUT2D eigenvalue weighted by Gasteiger charge is 2.32. The lowest BCUT2D eigenvalue weighted by molar-refractivity contribution is 0.210. The van der Waals surface area contributed by atoms with E-state index in [4.69, 9.17) is 0 Å². The van der Waals surface area contributed by atoms with Crippen molar-refractivity contribution in [1.29, 1.82) is 0 Å². The van der Waals surface area contributed by atoms with Crippen LogP contribution in [0, 0.1) is 11.6 Å². The third-order valence-electron chi connectivity index (χ3n) is 5.42. The quantitative estimate of drug-likeness (QED) is 0.538. The first-order chi connectivity index (χ1) is 14.6. The van der Waals surface area contributed by atoms with E-state index in [0.717, 1.165) is 5.56 Å². The van der Waals surface area contributed by atoms with Gasteiger partial charge in [0.2, 0.25) is 10.8 Å². The molecule has 2 aromatic carbocycles. The van der Waals surface area contributed by atoms with Gasteiger partial charge < -0.3 is 10.0 Å². The summed E-state index contributed by atoms with van der Waals surface area (Å²) in [6.07, 6.45) is 1.39. The zero-order chi connectivity index (χ0) is 20.7. The van der Waals surface area contributed by atoms with Crippen molar-refractivity contribution in [3.05, 3.63) is 76.9 Å². The Balaban J connectivity index is 1.48. The lowest BCUT2D eigenvalue weighted by atomic mass is 10.0. The largest absolute Gasteiger partial charge is 0.492 e. The van der Waals surface area contributed by atoms with Gasteiger partial charge >= 0.3 is 0 Å². The summed E-state index contributed by atoms with van der Waals surface area (Å²) in [4.78, 5) is 9.60. The average Bonchev–Trinajstić information content (AvgIpc) is 3.33. The number of aromatic nitrogens is 3. The maximum Gasteiger partial charge on any atom is 0.230 e. The fourth-order valence-electron chi connectivity index (χ4n) is 4.01. The average molecular weight is 427 g/mol. The summed E-state index contributed by atoms with van der Waals surface area (Å²) < 4.78 is 29.6. The summed E-state index contributed by atoms with van der Waals surface area (Å²) in [5.41, 5.74) is 1.33. The van der Waals surface area contributed by atoms with Crippen molar-refractivity contribution in [1.82, 2.24) is 19.5 Å². The summed E-state index contributed by atoms with van der Waals surface area (Å²) in [5, 5.41) is 14.8. The molecule has 0 saturated carbocycles. The van der Waals surface area contributed by atoms with Gasteiger partial charge in [0, 0.05) is 26.2 Å². The molecule has 30 heavy (non-hydrogen) atoms. The van der Waals surface area contributed by atoms with Gasteiger partial charge in [-0.25, -0.2) is 13.8 Å². The standard InChI is InChI=1S/C21H19F2N5OS/c22-15-5-3-4-14(12-15)18(19-20(29)28-21(30-19)24-13-25-28)27-10-8-26(9-11-27)17-7-2-1-6-16(17)23/h1-7,12-13,18,29H,8-11H2/t18-/m0/s1. The van der Waals surface area contributed by atoms with E-state index < -0.39 is 0 Å². The number of para-hydroxylation sites is 1. The highest BCUT2D eigenvalue weighted by molar-refractivity contribution is 7.17. The number of hydrogen-bond acceptors (Lipinski definition) is 6. The van der Waals surface area contributed by atoms with Crippen molar-refractivity contribution < 1.29 is 13.9 Å². The molecule has 4 aromatic rings. The highest BCUT2D eigenvalue weighted by Crippen LogP contribution is 2.40. The Bertz CT molecular complexity index is 1190. The Labute approximate surface area is 175 Å². The van der Waals surface area contributed by atoms with Crippen molar-refractivity contribution in [2.45, 2.75) is 6.04 Å². The van der Waals surface area contributed by atoms with Crippen molar-refractivity contribution in [2.24, 2.45) is 0 Å². The van der Waals surface area contributed by atoms with Crippen molar-refractivity contribution >= 4 is 22.0 Å². The van der Waals surface area contributed by atoms with Crippen molar-refractivity contribution in [3.63, 3.8) is 0 Å². The van der Waals surface area contributed by atoms with Crippen LogP contribution in [-0.4, -0.2) is 50.8 Å². The molecule has 5 rings (SSSR count). The first-order valence-corrected chi connectivity index (χ1v) is 10.4. The molecule has 0 spiro atoms. The maximum absolute atomic E-state index is 14.2. The minimum absolute atomic E-state index is 0.0123. The van der Waals surface area contributed by atoms with Gasteiger partial charge in [-0.15, -0.1) is 0 Å². The number of fused-ring (bicyclic) bond motifs is 1. The molecule has 0 amide bonds. The lowest BCUT2D eigenvalue weighted by Crippen LogP contribution is -2.48. The maximum atomic E-state index is 14.2. The molecule has 1 atom stereocenters. The van der Waals surface area contributed by atoms with E-state index in [0.29, 0.717) is 41.7 Å². The van der Waals surface area contributed by atoms with Gasteiger partial charge in [-0.3, -0.25) is 4.90 Å². The number of piperazine rings is 1. The van der Waals surface area contributed by atoms with Crippen LogP contribution < -0.4 is 4.90 Å². The summed E-state index contributed by atoms with van der Waals surface area (Å²) >= 11 is 1.33. The fourth-order valence-corrected chi connectivity index (χ4v) is 5.10. The van der Waals surface area contributed by atoms with Crippen LogP contribution in [-0.2, 0) is 0 Å². The van der Waals surface area contributed by atoms with E-state index in [-0.39, 0.29) is 23.6 Å². The van der Waals surface area contributed by atoms with Crippen molar-refractivity contribution in [3.8, 4) is 5.88 Å². The second-order valence-electron chi connectivity index (χ2n) is 7.18. The second kappa shape index (κ2) is 7.66. The van der Waals surface area contributed by atoms with Gasteiger partial charge in [0.05, 0.1) is 16.6 Å². The Hall–Kier alpha value is -3.04. The number of rotatable bonds is 4. The van der Waals surface area contributed by atoms with E-state index in [9.17, 15) is 13.9 Å². The monoisotopic (exact) mass is 427 g/mol. The van der Waals surface area contributed by atoms with Crippen LogP contribution in [0.2, 0.25) is 0 Å². The highest BCUT2D eigenvalue weighted by atomic mass is 32.1. The molecule has 0 unspecified atom stereocenters. The molecular weight excluding hydrogens is 408 g/mol. The second-order valence-corrected chi connectivity index (χ2v) is 8.19. The zero-order valence-corrected chi connectivity index (χ0v) is 16.8. The number of nitrogens with zero attached hydrogens (tertiary/aromatic N) is 5. The van der Waals surface area contributed by atoms with E-state index in [1.165, 1.54) is 40.4 Å². The molecule has 0 radical (unpaired) electrons. The number of anilines is 1. The Morgan fingerprint density at radius 2 is 1.80 bits per heavy atom. The number of halogens is 2. The molecule has 1 saturated heterocycles. The van der Waals surface area contributed by atoms with E-state index in [2.05, 4.69) is 15.0 Å². The molecule has 1 N–H and O–H groups in total. The van der Waals surface area contributed by atoms with Gasteiger partial charge in [-0.05, 0) is 29.8 Å². The molecular formula is C21H19F2N5OS. The first kappa shape index (κ1) is 19.0. The SMILES string of the molecule is Oc1c([C@H](c2cccc(F)c2)N2CCN(c3ccccc3F)CC2)sc2ncnn12. The van der Waals surface area contributed by atoms with Crippen LogP contribution in [0.15, 0.2) is 54.9 Å². The third-order valence-corrected chi connectivity index (χ3v) is 6.51. The summed E-state index contributed by atoms with van der Waals surface area (Å²) in [6.45, 7) is 2.49. The molecule has 1 aliphatic rings. The molecule has 1 aliphatic heterocycles. The molecule has 1 fully saturated rings. The summed E-state index contributed by atoms with van der Waals surface area (Å²) in [7, 11) is 0. The minimum atomic E-state index is -0.350. The van der Waals surface area contributed by atoms with Gasteiger partial charge in [0.1, 0.15) is 18.0 Å². The molecule has 6 nitrogen and oxygen atoms in total. The molecule has 9 heteroatoms. The normalized spacial score (nSPS) is 16.3. The molecule has 2 aromatic heterocycles. The van der Waals surface area contributed by atoms with Gasteiger partial charge in [-0.2, -0.15) is 9.61 Å². The van der Waals surface area contributed by atoms with Gasteiger partial charge in [0.15, 0.2) is 0 Å². The van der Waals surface area contributed by atoms with Crippen LogP contribution in [0.25, 0.3) is 4.96 Å². The van der Waals surface area contributed by atoms with Crippen LogP contribution in [0.4, 0.5) is 14.5 Å². The van der Waals surface area contributed by atoms with Crippen LogP contribution in [0.3, 0.4) is 0 Å². The fraction of sp³-hybridized carbons (Fsp3) is 0.238. The number of aromatic hydroxyl groups is 1. The molecule has 154 valence electrons. The Morgan fingerprint density at radius 3 is 2.53 bits per heavy atom. The molecule has 3 heterocycles. The van der Waals surface area contributed by atoms with E-state index in [1.54, 1.807) is 18.2 Å². The number of hydrogen-bond donors (Lipinski definition) is 1. The Kier molecular flexibility index (Phi) is 4.84. The van der Waals surface area contributed by atoms with E-state index >= 15 is 0 Å². The number of thiazole rings is 1. The van der Waals surface area contributed by atoms with Crippen molar-refractivity contribution in [2.75, 3.05) is 31.1 Å².